The van der Waals surface area contributed by atoms with Crippen molar-refractivity contribution in [3.8, 4) is 5.75 Å². The number of alkyl halides is 3. The number of hydrogen-bond acceptors (Lipinski definition) is 8. The number of rotatable bonds is 7. The average molecular weight is 567 g/mol. The smallest absolute Gasteiger partial charge is 0.417 e. The highest BCUT2D eigenvalue weighted by molar-refractivity contribution is 6.24. The van der Waals surface area contributed by atoms with Crippen LogP contribution in [0.25, 0.3) is 0 Å². The third-order valence-corrected chi connectivity index (χ3v) is 8.29. The molecule has 0 saturated heterocycles. The fraction of sp³-hybridized carbons (Fsp3) is 0.536. The number of aromatic hydroxyl groups is 1. The maximum atomic E-state index is 14.6. The van der Waals surface area contributed by atoms with Gasteiger partial charge in [0.2, 0.25) is 5.78 Å². The van der Waals surface area contributed by atoms with E-state index in [0.717, 1.165) is 12.5 Å². The zero-order valence-electron chi connectivity index (χ0n) is 22.4. The molecule has 0 spiro atoms. The normalized spacial score (nSPS) is 24.9. The number of hydrogen-bond donors (Lipinski definition) is 5. The van der Waals surface area contributed by atoms with E-state index in [1.807, 2.05) is 25.7 Å². The minimum atomic E-state index is -4.87. The van der Waals surface area contributed by atoms with Gasteiger partial charge in [0.25, 0.3) is 5.91 Å². The number of nitrogens with two attached hydrogens (primary N) is 1. The second kappa shape index (κ2) is 10.2. The van der Waals surface area contributed by atoms with Gasteiger partial charge in [0.1, 0.15) is 22.8 Å². The maximum absolute atomic E-state index is 14.6. The molecule has 3 atom stereocenters. The van der Waals surface area contributed by atoms with Crippen molar-refractivity contribution in [2.24, 2.45) is 23.5 Å². The van der Waals surface area contributed by atoms with E-state index >= 15 is 0 Å². The molecule has 0 heterocycles. The summed E-state index contributed by atoms with van der Waals surface area (Å²) in [5.74, 6) is -8.37. The topological polar surface area (TPSA) is 161 Å². The second-order valence-electron chi connectivity index (χ2n) is 11.2. The number of Topliss-reactive ketones (excluding diaryl/α,β-unsaturated/α-hetero) is 2. The number of fused-ring (bicyclic) bond motifs is 3. The Morgan fingerprint density at radius 2 is 1.85 bits per heavy atom. The number of carbonyl (C=O) groups excluding carboxylic acids is 3. The lowest BCUT2D eigenvalue weighted by Gasteiger charge is -2.45. The van der Waals surface area contributed by atoms with Gasteiger partial charge in [-0.3, -0.25) is 19.3 Å². The molecule has 4 rings (SSSR count). The number of aliphatic hydroxyl groups is 3. The minimum absolute atomic E-state index is 0.114. The molecule has 3 aliphatic carbocycles. The minimum Gasteiger partial charge on any atom is -0.511 e. The van der Waals surface area contributed by atoms with Crippen LogP contribution in [0.15, 0.2) is 28.7 Å². The molecule has 9 nitrogen and oxygen atoms in total. The van der Waals surface area contributed by atoms with Gasteiger partial charge >= 0.3 is 6.18 Å². The third kappa shape index (κ3) is 4.66. The number of nitrogens with zero attached hydrogens (tertiary/aromatic N) is 1. The number of halogens is 3. The van der Waals surface area contributed by atoms with Gasteiger partial charge in [-0.15, -0.1) is 0 Å². The maximum Gasteiger partial charge on any atom is 0.417 e. The van der Waals surface area contributed by atoms with Crippen LogP contribution in [0.5, 0.6) is 5.75 Å². The van der Waals surface area contributed by atoms with Crippen molar-refractivity contribution in [1.29, 1.82) is 0 Å². The molecule has 12 heteroatoms. The summed E-state index contributed by atoms with van der Waals surface area (Å²) in [7, 11) is 0. The lowest BCUT2D eigenvalue weighted by Crippen LogP contribution is -2.57. The molecule has 0 aromatic heterocycles. The molecule has 6 N–H and O–H groups in total. The highest BCUT2D eigenvalue weighted by Gasteiger charge is 2.60. The Morgan fingerprint density at radius 3 is 2.40 bits per heavy atom. The van der Waals surface area contributed by atoms with Crippen LogP contribution in [0.4, 0.5) is 13.2 Å². The lowest BCUT2D eigenvalue weighted by atomic mass is 9.60. The largest absolute Gasteiger partial charge is 0.511 e. The van der Waals surface area contributed by atoms with Crippen molar-refractivity contribution in [1.82, 2.24) is 4.90 Å². The molecular formula is C28H33F3N2O7. The Kier molecular flexibility index (Phi) is 7.57. The summed E-state index contributed by atoms with van der Waals surface area (Å²) in [6, 6.07) is 0.910. The van der Waals surface area contributed by atoms with Crippen LogP contribution >= 0.6 is 0 Å². The van der Waals surface area contributed by atoms with Crippen molar-refractivity contribution in [3.05, 3.63) is 51.0 Å². The zero-order chi connectivity index (χ0) is 29.9. The predicted octanol–water partition coefficient (Wildman–Crippen LogP) is 3.47. The standard InChI is InChI=1S/C28H33F3N2O7/c1-4-33(6-5-12(2)3)11-14-9-17(34)20-16(22(14)28(29,30)31)8-13-7-15-10-18(35)21(26(32)39)25(38)27(15,40)24(37)19(13)23(20)36/h9,12-13,15,34-35,37,40H,4-8,10-11H2,1-3H3,(H2,32,39)/t13?,15-,27-/m0/s1. The van der Waals surface area contributed by atoms with Gasteiger partial charge in [-0.05, 0) is 61.4 Å². The van der Waals surface area contributed by atoms with Crippen molar-refractivity contribution in [3.63, 3.8) is 0 Å². The van der Waals surface area contributed by atoms with Crippen LogP contribution < -0.4 is 5.73 Å². The summed E-state index contributed by atoms with van der Waals surface area (Å²) >= 11 is 0. The highest BCUT2D eigenvalue weighted by atomic mass is 19.4. The quantitative estimate of drug-likeness (QED) is 0.314. The molecule has 1 amide bonds. The number of ketones is 2. The van der Waals surface area contributed by atoms with Gasteiger partial charge in [-0.1, -0.05) is 20.8 Å². The number of aliphatic hydroxyl groups excluding tert-OH is 2. The molecule has 0 radical (unpaired) electrons. The van der Waals surface area contributed by atoms with Gasteiger partial charge in [-0.25, -0.2) is 0 Å². The SMILES string of the molecule is CCN(CCC(C)C)Cc1cc(O)c2c(c1C(F)(F)F)CC1C[C@H]3CC(O)=C(C(N)=O)C(=O)[C@@]3(O)C(O)=C1C2=O. The van der Waals surface area contributed by atoms with E-state index in [-0.39, 0.29) is 18.5 Å². The molecular weight excluding hydrogens is 533 g/mol. The first-order chi connectivity index (χ1) is 18.5. The summed E-state index contributed by atoms with van der Waals surface area (Å²) in [6.45, 7) is 6.70. The predicted molar refractivity (Wildman–Crippen MR) is 136 cm³/mol. The molecule has 0 fully saturated rings. The fourth-order valence-corrected chi connectivity index (χ4v) is 6.27. The first kappa shape index (κ1) is 29.6. The van der Waals surface area contributed by atoms with E-state index in [4.69, 9.17) is 5.73 Å². The van der Waals surface area contributed by atoms with E-state index < -0.39 is 99.0 Å². The summed E-state index contributed by atoms with van der Waals surface area (Å²) in [6.07, 6.45) is -5.25. The van der Waals surface area contributed by atoms with Gasteiger partial charge in [0.05, 0.1) is 11.1 Å². The Labute approximate surface area is 228 Å². The van der Waals surface area contributed by atoms with Crippen molar-refractivity contribution in [2.45, 2.75) is 64.8 Å². The number of benzene rings is 1. The number of phenols is 1. The molecule has 40 heavy (non-hydrogen) atoms. The highest BCUT2D eigenvalue weighted by Crippen LogP contribution is 2.53. The van der Waals surface area contributed by atoms with E-state index in [0.29, 0.717) is 19.0 Å². The molecule has 3 aliphatic rings. The first-order valence-electron chi connectivity index (χ1n) is 13.2. The summed E-state index contributed by atoms with van der Waals surface area (Å²) < 4.78 is 43.7. The Morgan fingerprint density at radius 1 is 1.20 bits per heavy atom. The van der Waals surface area contributed by atoms with Gasteiger partial charge in [0.15, 0.2) is 11.4 Å². The number of amides is 1. The lowest BCUT2D eigenvalue weighted by molar-refractivity contribution is -0.144. The van der Waals surface area contributed by atoms with Crippen molar-refractivity contribution < 1.29 is 48.0 Å². The van der Waals surface area contributed by atoms with Crippen molar-refractivity contribution >= 4 is 17.5 Å². The molecule has 218 valence electrons. The molecule has 1 aromatic carbocycles. The second-order valence-corrected chi connectivity index (χ2v) is 11.2. The number of primary amides is 1. The van der Waals surface area contributed by atoms with Gasteiger partial charge < -0.3 is 26.2 Å². The molecule has 1 aromatic rings. The zero-order valence-corrected chi connectivity index (χ0v) is 22.4. The van der Waals surface area contributed by atoms with E-state index in [1.54, 1.807) is 0 Å². The molecule has 0 aliphatic heterocycles. The van der Waals surface area contributed by atoms with E-state index in [9.17, 15) is 48.0 Å². The number of carbonyl (C=O) groups is 3. The Hall–Kier alpha value is -3.38. The molecule has 0 bridgehead atoms. The Bertz CT molecular complexity index is 1350. The summed E-state index contributed by atoms with van der Waals surface area (Å²) in [5, 5.41) is 43.4. The van der Waals surface area contributed by atoms with Crippen molar-refractivity contribution in [2.75, 3.05) is 13.1 Å². The summed E-state index contributed by atoms with van der Waals surface area (Å²) in [5.41, 5.74) is -1.33. The summed E-state index contributed by atoms with van der Waals surface area (Å²) in [4.78, 5) is 40.2. The van der Waals surface area contributed by atoms with Gasteiger partial charge in [0, 0.05) is 24.5 Å². The van der Waals surface area contributed by atoms with Crippen LogP contribution in [0, 0.1) is 17.8 Å². The average Bonchev–Trinajstić information content (AvgIpc) is 2.82. The molecule has 0 saturated carbocycles. The monoisotopic (exact) mass is 566 g/mol. The number of allylic oxidation sites excluding steroid dienone is 2. The van der Waals surface area contributed by atoms with Crippen LogP contribution in [0.2, 0.25) is 0 Å². The van der Waals surface area contributed by atoms with Crippen LogP contribution in [0.1, 0.15) is 67.1 Å². The fourth-order valence-electron chi connectivity index (χ4n) is 6.27. The van der Waals surface area contributed by atoms with Crippen LogP contribution in [0.3, 0.4) is 0 Å². The van der Waals surface area contributed by atoms with E-state index in [2.05, 4.69) is 0 Å². The van der Waals surface area contributed by atoms with Crippen LogP contribution in [-0.4, -0.2) is 61.5 Å². The first-order valence-corrected chi connectivity index (χ1v) is 13.2. The molecule has 1 unspecified atom stereocenters. The Balaban J connectivity index is 1.86. The third-order valence-electron chi connectivity index (χ3n) is 8.29. The van der Waals surface area contributed by atoms with E-state index in [1.165, 1.54) is 0 Å². The van der Waals surface area contributed by atoms with Gasteiger partial charge in [-0.2, -0.15) is 13.2 Å². The number of phenolic OH excluding ortho intramolecular Hbond substituents is 1. The van der Waals surface area contributed by atoms with Crippen LogP contribution in [-0.2, 0) is 28.7 Å².